The molecule has 0 saturated carbocycles. The van der Waals surface area contributed by atoms with E-state index in [1.165, 1.54) is 5.56 Å². The highest BCUT2D eigenvalue weighted by atomic mass is 16.2. The molecule has 0 bridgehead atoms. The Kier molecular flexibility index (Phi) is 6.09. The van der Waals surface area contributed by atoms with Gasteiger partial charge in [-0.2, -0.15) is 5.10 Å². The molecule has 0 aliphatic carbocycles. The zero-order valence-corrected chi connectivity index (χ0v) is 17.3. The molecule has 3 aromatic rings. The molecular weight excluding hydrogens is 376 g/mol. The second kappa shape index (κ2) is 9.09. The summed E-state index contributed by atoms with van der Waals surface area (Å²) in [6, 6.07) is 16.1. The number of likely N-dealkylation sites (tertiary alicyclic amines) is 1. The fourth-order valence-electron chi connectivity index (χ4n) is 4.04. The van der Waals surface area contributed by atoms with E-state index < -0.39 is 0 Å². The normalized spacial score (nSPS) is 14.9. The van der Waals surface area contributed by atoms with E-state index in [0.717, 1.165) is 50.1 Å². The molecule has 1 saturated heterocycles. The average molecular weight is 405 g/mol. The molecule has 2 aromatic carbocycles. The van der Waals surface area contributed by atoms with Gasteiger partial charge in [0.2, 0.25) is 0 Å². The van der Waals surface area contributed by atoms with Crippen LogP contribution in [0.2, 0.25) is 0 Å². The Labute approximate surface area is 176 Å². The molecular formula is C23H28N6O. The third kappa shape index (κ3) is 4.68. The number of rotatable bonds is 6. The van der Waals surface area contributed by atoms with Crippen molar-refractivity contribution in [3.05, 3.63) is 66.0 Å². The van der Waals surface area contributed by atoms with Crippen LogP contribution in [0.1, 0.15) is 28.8 Å². The van der Waals surface area contributed by atoms with Crippen LogP contribution < -0.4 is 5.73 Å². The first-order valence-electron chi connectivity index (χ1n) is 10.4. The summed E-state index contributed by atoms with van der Waals surface area (Å²) >= 11 is 0. The van der Waals surface area contributed by atoms with E-state index in [2.05, 4.69) is 33.2 Å². The second-order valence-corrected chi connectivity index (χ2v) is 7.90. The fraction of sp³-hybridized carbons (Fsp3) is 0.348. The molecule has 3 N–H and O–H groups in total. The number of aromatic amines is 1. The van der Waals surface area contributed by atoms with E-state index in [1.807, 2.05) is 47.4 Å². The van der Waals surface area contributed by atoms with Gasteiger partial charge in [0.25, 0.3) is 5.91 Å². The summed E-state index contributed by atoms with van der Waals surface area (Å²) in [5, 5.41) is 6.78. The molecule has 0 radical (unpaired) electrons. The van der Waals surface area contributed by atoms with Gasteiger partial charge in [-0.3, -0.25) is 9.89 Å². The average Bonchev–Trinajstić information content (AvgIpc) is 3.32. The van der Waals surface area contributed by atoms with Crippen molar-refractivity contribution in [3.63, 3.8) is 0 Å². The Balaban J connectivity index is 1.27. The molecule has 4 rings (SSSR count). The first-order valence-corrected chi connectivity index (χ1v) is 10.4. The number of amides is 1. The molecule has 1 aromatic heterocycles. The van der Waals surface area contributed by atoms with Gasteiger partial charge in [0.05, 0.1) is 0 Å². The Morgan fingerprint density at radius 2 is 1.97 bits per heavy atom. The monoisotopic (exact) mass is 404 g/mol. The fourth-order valence-corrected chi connectivity index (χ4v) is 4.04. The summed E-state index contributed by atoms with van der Waals surface area (Å²) < 4.78 is 0. The van der Waals surface area contributed by atoms with Gasteiger partial charge >= 0.3 is 0 Å². The molecule has 0 spiro atoms. The molecule has 1 aliphatic heterocycles. The Morgan fingerprint density at radius 1 is 1.20 bits per heavy atom. The van der Waals surface area contributed by atoms with Crippen molar-refractivity contribution in [2.45, 2.75) is 25.3 Å². The van der Waals surface area contributed by atoms with Gasteiger partial charge in [0, 0.05) is 42.5 Å². The number of carbonyl (C=O) groups is 1. The highest BCUT2D eigenvalue weighted by Gasteiger charge is 2.25. The molecule has 2 heterocycles. The van der Waals surface area contributed by atoms with Gasteiger partial charge in [0.15, 0.2) is 5.82 Å². The lowest BCUT2D eigenvalue weighted by Gasteiger charge is -2.37. The summed E-state index contributed by atoms with van der Waals surface area (Å²) in [5.41, 5.74) is 9.56. The Bertz CT molecular complexity index is 962. The van der Waals surface area contributed by atoms with Crippen LogP contribution in [0, 0.1) is 0 Å². The summed E-state index contributed by atoms with van der Waals surface area (Å²) in [4.78, 5) is 21.4. The minimum absolute atomic E-state index is 0.0948. The van der Waals surface area contributed by atoms with Crippen molar-refractivity contribution in [3.8, 4) is 11.4 Å². The largest absolute Gasteiger partial charge is 0.399 e. The number of nitrogens with two attached hydrogens (primary N) is 1. The minimum Gasteiger partial charge on any atom is -0.399 e. The standard InChI is InChI=1S/C23H28N6O/c1-28(12-9-17-3-2-4-20(24)15-17)21-10-13-29(14-11-21)23(30)19-7-5-18(6-8-19)22-25-16-26-27-22/h2-8,15-16,21H,9-14,24H2,1H3,(H,25,26,27). The molecule has 1 aliphatic rings. The third-order valence-electron chi connectivity index (χ3n) is 5.88. The second-order valence-electron chi connectivity index (χ2n) is 7.90. The number of carbonyl (C=O) groups excluding carboxylic acids is 1. The topological polar surface area (TPSA) is 91.1 Å². The predicted octanol–water partition coefficient (Wildman–Crippen LogP) is 2.83. The molecule has 0 atom stereocenters. The number of aromatic nitrogens is 3. The number of nitrogen functional groups attached to an aromatic ring is 1. The van der Waals surface area contributed by atoms with E-state index in [4.69, 9.17) is 5.73 Å². The van der Waals surface area contributed by atoms with Gasteiger partial charge < -0.3 is 15.5 Å². The Morgan fingerprint density at radius 3 is 2.63 bits per heavy atom. The number of piperidine rings is 1. The lowest BCUT2D eigenvalue weighted by atomic mass is 10.0. The lowest BCUT2D eigenvalue weighted by molar-refractivity contribution is 0.0647. The van der Waals surface area contributed by atoms with E-state index in [9.17, 15) is 4.79 Å². The number of anilines is 1. The quantitative estimate of drug-likeness (QED) is 0.617. The maximum absolute atomic E-state index is 12.9. The molecule has 156 valence electrons. The molecule has 0 unspecified atom stereocenters. The maximum Gasteiger partial charge on any atom is 0.253 e. The SMILES string of the molecule is CN(CCc1cccc(N)c1)C1CCN(C(=O)c2ccc(-c3nc[nH]n3)cc2)CC1. The highest BCUT2D eigenvalue weighted by Crippen LogP contribution is 2.20. The predicted molar refractivity (Wildman–Crippen MR) is 118 cm³/mol. The molecule has 7 nitrogen and oxygen atoms in total. The van der Waals surface area contributed by atoms with Crippen molar-refractivity contribution in [2.24, 2.45) is 0 Å². The number of nitrogens with zero attached hydrogens (tertiary/aromatic N) is 4. The number of H-pyrrole nitrogens is 1. The van der Waals surface area contributed by atoms with Crippen LogP contribution in [0.3, 0.4) is 0 Å². The van der Waals surface area contributed by atoms with Crippen LogP contribution >= 0.6 is 0 Å². The van der Waals surface area contributed by atoms with Crippen LogP contribution in [0.15, 0.2) is 54.9 Å². The first kappa shape index (κ1) is 20.1. The zero-order chi connectivity index (χ0) is 20.9. The van der Waals surface area contributed by atoms with Crippen molar-refractivity contribution < 1.29 is 4.79 Å². The highest BCUT2D eigenvalue weighted by molar-refractivity contribution is 5.94. The van der Waals surface area contributed by atoms with Crippen molar-refractivity contribution >= 4 is 11.6 Å². The summed E-state index contributed by atoms with van der Waals surface area (Å²) in [6.45, 7) is 2.56. The number of benzene rings is 2. The van der Waals surface area contributed by atoms with E-state index in [1.54, 1.807) is 6.33 Å². The van der Waals surface area contributed by atoms with Gasteiger partial charge in [-0.15, -0.1) is 0 Å². The number of likely N-dealkylation sites (N-methyl/N-ethyl adjacent to an activating group) is 1. The smallest absolute Gasteiger partial charge is 0.253 e. The number of hydrogen-bond acceptors (Lipinski definition) is 5. The van der Waals surface area contributed by atoms with Crippen LogP contribution in [0.5, 0.6) is 0 Å². The molecule has 1 amide bonds. The van der Waals surface area contributed by atoms with Crippen molar-refractivity contribution in [2.75, 3.05) is 32.4 Å². The van der Waals surface area contributed by atoms with Crippen molar-refractivity contribution in [1.82, 2.24) is 25.0 Å². The van der Waals surface area contributed by atoms with Crippen LogP contribution in [0.25, 0.3) is 11.4 Å². The first-order chi connectivity index (χ1) is 14.6. The van der Waals surface area contributed by atoms with Gasteiger partial charge in [0.1, 0.15) is 6.33 Å². The molecule has 7 heteroatoms. The van der Waals surface area contributed by atoms with Gasteiger partial charge in [-0.05, 0) is 56.1 Å². The minimum atomic E-state index is 0.0948. The molecule has 30 heavy (non-hydrogen) atoms. The molecule has 1 fully saturated rings. The lowest BCUT2D eigenvalue weighted by Crippen LogP contribution is -2.46. The number of hydrogen-bond donors (Lipinski definition) is 2. The van der Waals surface area contributed by atoms with E-state index >= 15 is 0 Å². The van der Waals surface area contributed by atoms with E-state index in [0.29, 0.717) is 17.4 Å². The Hall–Kier alpha value is -3.19. The van der Waals surface area contributed by atoms with Gasteiger partial charge in [-0.1, -0.05) is 24.3 Å². The van der Waals surface area contributed by atoms with Crippen molar-refractivity contribution in [1.29, 1.82) is 0 Å². The van der Waals surface area contributed by atoms with Crippen LogP contribution in [-0.4, -0.2) is 63.6 Å². The maximum atomic E-state index is 12.9. The van der Waals surface area contributed by atoms with Crippen LogP contribution in [-0.2, 0) is 6.42 Å². The van der Waals surface area contributed by atoms with E-state index in [-0.39, 0.29) is 5.91 Å². The zero-order valence-electron chi connectivity index (χ0n) is 17.3. The third-order valence-corrected chi connectivity index (χ3v) is 5.88. The summed E-state index contributed by atoms with van der Waals surface area (Å²) in [6.07, 6.45) is 4.52. The van der Waals surface area contributed by atoms with Crippen LogP contribution in [0.4, 0.5) is 5.69 Å². The summed E-state index contributed by atoms with van der Waals surface area (Å²) in [7, 11) is 2.18. The summed E-state index contributed by atoms with van der Waals surface area (Å²) in [5.74, 6) is 0.730. The van der Waals surface area contributed by atoms with Gasteiger partial charge in [-0.25, -0.2) is 4.98 Å². The number of nitrogens with one attached hydrogen (secondary N) is 1.